The van der Waals surface area contributed by atoms with Crippen LogP contribution in [-0.2, 0) is 33.4 Å². The number of hydrogen-bond acceptors (Lipinski definition) is 8. The van der Waals surface area contributed by atoms with Crippen LogP contribution in [0.25, 0.3) is 0 Å². The number of cyclic esters (lactones) is 1. The Hall–Kier alpha value is -2.85. The molecule has 186 valence electrons. The first-order valence-electron chi connectivity index (χ1n) is 10.9. The number of hydrogen-bond donors (Lipinski definition) is 0. The van der Waals surface area contributed by atoms with Gasteiger partial charge in [-0.2, -0.15) is 13.2 Å². The summed E-state index contributed by atoms with van der Waals surface area (Å²) >= 11 is 0. The normalized spacial score (nSPS) is 37.8. The number of Topliss-reactive ketones (excluding diaryl/α,β-unsaturated/α-hetero) is 1. The van der Waals surface area contributed by atoms with Crippen molar-refractivity contribution >= 4 is 23.7 Å². The zero-order valence-corrected chi connectivity index (χ0v) is 18.8. The monoisotopic (exact) mass is 486 g/mol. The number of methoxy groups -OCH3 is 1. The van der Waals surface area contributed by atoms with E-state index >= 15 is 0 Å². The molecule has 2 heterocycles. The van der Waals surface area contributed by atoms with Gasteiger partial charge in [0.1, 0.15) is 6.10 Å². The van der Waals surface area contributed by atoms with Crippen molar-refractivity contribution < 1.29 is 51.0 Å². The van der Waals surface area contributed by atoms with Gasteiger partial charge in [0.15, 0.2) is 11.9 Å². The van der Waals surface area contributed by atoms with E-state index in [1.54, 1.807) is 19.9 Å². The van der Waals surface area contributed by atoms with Crippen LogP contribution in [0.4, 0.5) is 13.2 Å². The van der Waals surface area contributed by atoms with E-state index < -0.39 is 77.1 Å². The number of esters is 3. The average Bonchev–Trinajstić information content (AvgIpc) is 3.28. The number of furan rings is 1. The van der Waals surface area contributed by atoms with E-state index in [0.29, 0.717) is 12.0 Å². The molecule has 3 fully saturated rings. The lowest BCUT2D eigenvalue weighted by Gasteiger charge is -2.60. The van der Waals surface area contributed by atoms with E-state index in [2.05, 4.69) is 4.74 Å². The molecule has 8 nitrogen and oxygen atoms in total. The molecule has 1 aliphatic heterocycles. The molecule has 1 aromatic heterocycles. The van der Waals surface area contributed by atoms with Gasteiger partial charge in [-0.15, -0.1) is 0 Å². The zero-order valence-electron chi connectivity index (χ0n) is 18.8. The number of ether oxygens (including phenoxy) is 3. The molecule has 4 rings (SSSR count). The number of rotatable bonds is 3. The Morgan fingerprint density at radius 2 is 1.88 bits per heavy atom. The smallest absolute Gasteiger partial charge is 0.472 e. The molecule has 3 aliphatic rings. The summed E-state index contributed by atoms with van der Waals surface area (Å²) in [6.45, 7) is 3.43. The molecular weight excluding hydrogens is 461 g/mol. The van der Waals surface area contributed by atoms with Crippen LogP contribution in [0.5, 0.6) is 0 Å². The summed E-state index contributed by atoms with van der Waals surface area (Å²) in [5, 5.41) is 0. The van der Waals surface area contributed by atoms with E-state index in [-0.39, 0.29) is 12.8 Å². The second kappa shape index (κ2) is 8.13. The largest absolute Gasteiger partial charge is 0.490 e. The summed E-state index contributed by atoms with van der Waals surface area (Å²) in [5.74, 6) is -7.24. The predicted octanol–water partition coefficient (Wildman–Crippen LogP) is 3.54. The van der Waals surface area contributed by atoms with Gasteiger partial charge in [-0.1, -0.05) is 13.8 Å². The maximum absolute atomic E-state index is 13.7. The first kappa shape index (κ1) is 24.3. The van der Waals surface area contributed by atoms with Crippen molar-refractivity contribution in [2.75, 3.05) is 7.11 Å². The molecule has 34 heavy (non-hydrogen) atoms. The first-order valence-corrected chi connectivity index (χ1v) is 10.9. The summed E-state index contributed by atoms with van der Waals surface area (Å²) in [6, 6.07) is 1.62. The third kappa shape index (κ3) is 3.69. The quantitative estimate of drug-likeness (QED) is 0.472. The molecule has 1 aromatic rings. The Balaban J connectivity index is 1.78. The van der Waals surface area contributed by atoms with Gasteiger partial charge in [0, 0.05) is 17.9 Å². The van der Waals surface area contributed by atoms with Gasteiger partial charge in [0.2, 0.25) is 0 Å². The third-order valence-corrected chi connectivity index (χ3v) is 7.98. The highest BCUT2D eigenvalue weighted by atomic mass is 19.4. The molecule has 11 heteroatoms. The van der Waals surface area contributed by atoms with Crippen LogP contribution in [-0.4, -0.2) is 43.1 Å². The van der Waals surface area contributed by atoms with Crippen LogP contribution in [0.3, 0.4) is 0 Å². The molecule has 1 saturated heterocycles. The zero-order chi connectivity index (χ0) is 25.1. The van der Waals surface area contributed by atoms with E-state index in [0.717, 1.165) is 7.11 Å². The molecule has 0 bridgehead atoms. The summed E-state index contributed by atoms with van der Waals surface area (Å²) in [7, 11) is 1.15. The van der Waals surface area contributed by atoms with Crippen molar-refractivity contribution in [2.45, 2.75) is 57.9 Å². The molecule has 2 aliphatic carbocycles. The molecule has 2 saturated carbocycles. The second-order valence-electron chi connectivity index (χ2n) is 9.83. The second-order valence-corrected chi connectivity index (χ2v) is 9.83. The van der Waals surface area contributed by atoms with Crippen LogP contribution in [0, 0.1) is 28.6 Å². The first-order chi connectivity index (χ1) is 15.8. The van der Waals surface area contributed by atoms with Gasteiger partial charge in [-0.25, -0.2) is 4.79 Å². The van der Waals surface area contributed by atoms with Gasteiger partial charge < -0.3 is 18.6 Å². The fraction of sp³-hybridized carbons (Fsp3) is 0.652. The van der Waals surface area contributed by atoms with E-state index in [1.165, 1.54) is 12.5 Å². The van der Waals surface area contributed by atoms with Crippen molar-refractivity contribution in [1.82, 2.24) is 0 Å². The van der Waals surface area contributed by atoms with Crippen molar-refractivity contribution in [1.29, 1.82) is 0 Å². The van der Waals surface area contributed by atoms with Crippen molar-refractivity contribution in [3.8, 4) is 0 Å². The number of halogens is 3. The van der Waals surface area contributed by atoms with Crippen LogP contribution < -0.4 is 0 Å². The van der Waals surface area contributed by atoms with E-state index in [9.17, 15) is 32.3 Å². The van der Waals surface area contributed by atoms with Crippen molar-refractivity contribution in [3.05, 3.63) is 24.2 Å². The number of fused-ring (bicyclic) bond motifs is 3. The fourth-order valence-electron chi connectivity index (χ4n) is 6.46. The summed E-state index contributed by atoms with van der Waals surface area (Å²) in [6.07, 6.45) is -4.65. The molecule has 7 atom stereocenters. The van der Waals surface area contributed by atoms with Gasteiger partial charge in [-0.05, 0) is 36.2 Å². The van der Waals surface area contributed by atoms with Crippen molar-refractivity contribution in [3.63, 3.8) is 0 Å². The number of carbonyl (C=O) groups excluding carboxylic acids is 4. The number of carbonyl (C=O) groups is 4. The molecule has 0 aromatic carbocycles. The lowest BCUT2D eigenvalue weighted by atomic mass is 9.43. The standard InChI is InChI=1S/C23H25F3O8/c1-21-6-4-12-19(29)33-15(11-5-7-32-10-11)9-22(12,2)17(21)16(27)14(8-13(21)18(28)31-3)34-20(30)23(24,25)26/h5,7,10,12-15,17H,4,6,8-9H2,1-3H3/t12-,13-,14-,15-,17-,21-,22-/m0/s1. The topological polar surface area (TPSA) is 109 Å². The Bertz CT molecular complexity index is 1000. The van der Waals surface area contributed by atoms with Crippen LogP contribution in [0.2, 0.25) is 0 Å². The van der Waals surface area contributed by atoms with Gasteiger partial charge in [-0.3, -0.25) is 14.4 Å². The maximum Gasteiger partial charge on any atom is 0.490 e. The minimum absolute atomic E-state index is 0.183. The third-order valence-electron chi connectivity index (χ3n) is 7.98. The van der Waals surface area contributed by atoms with Crippen LogP contribution in [0.1, 0.15) is 51.2 Å². The summed E-state index contributed by atoms with van der Waals surface area (Å²) in [4.78, 5) is 51.0. The summed E-state index contributed by atoms with van der Waals surface area (Å²) in [5.41, 5.74) is -1.51. The Morgan fingerprint density at radius 3 is 2.47 bits per heavy atom. The highest BCUT2D eigenvalue weighted by Crippen LogP contribution is 2.65. The van der Waals surface area contributed by atoms with Gasteiger partial charge >= 0.3 is 24.1 Å². The Labute approximate surface area is 193 Å². The molecular formula is C23H25F3O8. The molecule has 0 N–H and O–H groups in total. The predicted molar refractivity (Wildman–Crippen MR) is 106 cm³/mol. The highest BCUT2D eigenvalue weighted by Gasteiger charge is 2.68. The Morgan fingerprint density at radius 1 is 1.18 bits per heavy atom. The number of alkyl halides is 3. The minimum Gasteiger partial charge on any atom is -0.472 e. The highest BCUT2D eigenvalue weighted by molar-refractivity contribution is 5.93. The Kier molecular flexibility index (Phi) is 5.80. The number of ketones is 1. The lowest BCUT2D eigenvalue weighted by molar-refractivity contribution is -0.221. The summed E-state index contributed by atoms with van der Waals surface area (Å²) < 4.78 is 59.0. The molecule has 0 unspecified atom stereocenters. The van der Waals surface area contributed by atoms with Gasteiger partial charge in [0.05, 0.1) is 31.5 Å². The van der Waals surface area contributed by atoms with Crippen molar-refractivity contribution in [2.24, 2.45) is 28.6 Å². The molecule has 0 spiro atoms. The SMILES string of the molecule is COC(=O)[C@@H]1C[C@H](OC(=O)C(F)(F)F)C(=O)[C@H]2[C@@]1(C)CC[C@H]1C(=O)O[C@H](c3ccoc3)C[C@]21C. The fourth-order valence-corrected chi connectivity index (χ4v) is 6.46. The van der Waals surface area contributed by atoms with Gasteiger partial charge in [0.25, 0.3) is 0 Å². The van der Waals surface area contributed by atoms with E-state index in [4.69, 9.17) is 13.9 Å². The molecule has 0 radical (unpaired) electrons. The molecule has 0 amide bonds. The van der Waals surface area contributed by atoms with Crippen LogP contribution in [0.15, 0.2) is 23.0 Å². The average molecular weight is 486 g/mol. The maximum atomic E-state index is 13.7. The lowest BCUT2D eigenvalue weighted by Crippen LogP contribution is -2.65. The van der Waals surface area contributed by atoms with Crippen LogP contribution >= 0.6 is 0 Å². The van der Waals surface area contributed by atoms with E-state index in [1.807, 2.05) is 0 Å². The minimum atomic E-state index is -5.30.